The van der Waals surface area contributed by atoms with Crippen molar-refractivity contribution in [2.45, 2.75) is 26.7 Å². The first-order valence-corrected chi connectivity index (χ1v) is 4.27. The maximum Gasteiger partial charge on any atom is 0.192 e. The van der Waals surface area contributed by atoms with Gasteiger partial charge in [-0.2, -0.15) is 0 Å². The molecule has 1 saturated carbocycles. The lowest BCUT2D eigenvalue weighted by Crippen LogP contribution is -1.74. The average molecular weight is 250 g/mol. The summed E-state index contributed by atoms with van der Waals surface area (Å²) in [4.78, 5) is 0. The van der Waals surface area contributed by atoms with Crippen molar-refractivity contribution in [2.24, 2.45) is 0 Å². The molecular formula is C8H11IO. The second-order valence-electron chi connectivity index (χ2n) is 2.62. The summed E-state index contributed by atoms with van der Waals surface area (Å²) in [6, 6.07) is 0. The van der Waals surface area contributed by atoms with Crippen molar-refractivity contribution in [3.8, 4) is 0 Å². The molecule has 1 aliphatic rings. The summed E-state index contributed by atoms with van der Waals surface area (Å²) in [7, 11) is 0. The first-order chi connectivity index (χ1) is 4.74. The fourth-order valence-corrected chi connectivity index (χ4v) is 1.01. The highest BCUT2D eigenvalue weighted by Crippen LogP contribution is 2.32. The van der Waals surface area contributed by atoms with E-state index in [2.05, 4.69) is 13.0 Å². The molecule has 0 unspecified atom stereocenters. The molecule has 0 saturated heterocycles. The Morgan fingerprint density at radius 1 is 1.50 bits per heavy atom. The fourth-order valence-electron chi connectivity index (χ4n) is 0.886. The molecule has 1 aliphatic carbocycles. The highest BCUT2D eigenvalue weighted by molar-refractivity contribution is 14.1. The Kier molecular flexibility index (Phi) is 2.77. The van der Waals surface area contributed by atoms with Crippen molar-refractivity contribution in [1.82, 2.24) is 0 Å². The lowest BCUT2D eigenvalue weighted by molar-refractivity contribution is 0.564. The number of hydrogen-bond acceptors (Lipinski definition) is 1. The minimum atomic E-state index is 0.984. The van der Waals surface area contributed by atoms with E-state index in [9.17, 15) is 0 Å². The zero-order valence-corrected chi connectivity index (χ0v) is 8.44. The Morgan fingerprint density at radius 3 is 2.50 bits per heavy atom. The van der Waals surface area contributed by atoms with Crippen LogP contribution in [0.15, 0.2) is 23.0 Å². The topological polar surface area (TPSA) is 9.23 Å². The van der Waals surface area contributed by atoms with Crippen molar-refractivity contribution in [2.75, 3.05) is 0 Å². The molecule has 0 aliphatic heterocycles. The summed E-state index contributed by atoms with van der Waals surface area (Å²) >= 11 is 1.90. The minimum Gasteiger partial charge on any atom is -0.433 e. The Bertz CT molecular complexity index is 185. The average Bonchev–Trinajstić information content (AvgIpc) is 2.68. The van der Waals surface area contributed by atoms with E-state index in [-0.39, 0.29) is 0 Å². The van der Waals surface area contributed by atoms with Gasteiger partial charge in [-0.25, -0.2) is 0 Å². The predicted octanol–water partition coefficient (Wildman–Crippen LogP) is 3.37. The van der Waals surface area contributed by atoms with E-state index in [1.54, 1.807) is 5.57 Å². The highest BCUT2D eigenvalue weighted by Gasteiger charge is 2.13. The summed E-state index contributed by atoms with van der Waals surface area (Å²) < 4.78 is 5.00. The van der Waals surface area contributed by atoms with Gasteiger partial charge in [0.05, 0.1) is 0 Å². The van der Waals surface area contributed by atoms with Crippen LogP contribution < -0.4 is 0 Å². The smallest absolute Gasteiger partial charge is 0.192 e. The van der Waals surface area contributed by atoms with Crippen LogP contribution in [0.3, 0.4) is 0 Å². The van der Waals surface area contributed by atoms with E-state index in [4.69, 9.17) is 3.07 Å². The number of hydrogen-bond donors (Lipinski definition) is 0. The van der Waals surface area contributed by atoms with Crippen LogP contribution in [-0.2, 0) is 3.07 Å². The molecule has 0 atom stereocenters. The lowest BCUT2D eigenvalue weighted by Gasteiger charge is -1.94. The predicted molar refractivity (Wildman–Crippen MR) is 50.8 cm³/mol. The van der Waals surface area contributed by atoms with Crippen LogP contribution in [0.25, 0.3) is 0 Å². The molecule has 0 aromatic carbocycles. The second kappa shape index (κ2) is 3.42. The van der Waals surface area contributed by atoms with E-state index in [1.165, 1.54) is 18.4 Å². The fraction of sp³-hybridized carbons (Fsp3) is 0.500. The summed E-state index contributed by atoms with van der Waals surface area (Å²) in [5.41, 5.74) is 2.96. The summed E-state index contributed by atoms with van der Waals surface area (Å²) in [6.45, 7) is 4.11. The first kappa shape index (κ1) is 8.11. The normalized spacial score (nSPS) is 17.1. The largest absolute Gasteiger partial charge is 0.433 e. The molecule has 1 fully saturated rings. The molecule has 0 amide bonds. The summed E-state index contributed by atoms with van der Waals surface area (Å²) in [6.07, 6.45) is 4.67. The van der Waals surface area contributed by atoms with Gasteiger partial charge in [-0.1, -0.05) is 5.57 Å². The van der Waals surface area contributed by atoms with Crippen LogP contribution in [0.2, 0.25) is 0 Å². The van der Waals surface area contributed by atoms with E-state index < -0.39 is 0 Å². The SMILES string of the molecule is CC(/C=C(/C)OI)=C1CC1. The summed E-state index contributed by atoms with van der Waals surface area (Å²) in [5.74, 6) is 0.984. The van der Waals surface area contributed by atoms with Gasteiger partial charge in [0.15, 0.2) is 23.0 Å². The van der Waals surface area contributed by atoms with Crippen LogP contribution in [0.4, 0.5) is 0 Å². The molecule has 0 radical (unpaired) electrons. The third-order valence-corrected chi connectivity index (χ3v) is 2.29. The number of rotatable bonds is 2. The van der Waals surface area contributed by atoms with Gasteiger partial charge in [0.2, 0.25) is 0 Å². The molecule has 0 aromatic heterocycles. The monoisotopic (exact) mass is 250 g/mol. The molecule has 0 heterocycles. The van der Waals surface area contributed by atoms with E-state index in [0.29, 0.717) is 0 Å². The summed E-state index contributed by atoms with van der Waals surface area (Å²) in [5, 5.41) is 0. The van der Waals surface area contributed by atoms with Gasteiger partial charge >= 0.3 is 0 Å². The van der Waals surface area contributed by atoms with Crippen molar-refractivity contribution in [1.29, 1.82) is 0 Å². The Hall–Kier alpha value is 0.01000. The molecule has 0 bridgehead atoms. The molecular weight excluding hydrogens is 239 g/mol. The third kappa shape index (κ3) is 2.33. The van der Waals surface area contributed by atoms with Gasteiger partial charge < -0.3 is 3.07 Å². The lowest BCUT2D eigenvalue weighted by atomic mass is 10.2. The Balaban J connectivity index is 2.59. The van der Waals surface area contributed by atoms with Crippen LogP contribution in [0.1, 0.15) is 26.7 Å². The van der Waals surface area contributed by atoms with Gasteiger partial charge in [-0.15, -0.1) is 0 Å². The zero-order valence-electron chi connectivity index (χ0n) is 6.28. The van der Waals surface area contributed by atoms with Gasteiger partial charge in [-0.05, 0) is 38.3 Å². The van der Waals surface area contributed by atoms with Gasteiger partial charge in [-0.3, -0.25) is 0 Å². The highest BCUT2D eigenvalue weighted by atomic mass is 127. The zero-order chi connectivity index (χ0) is 7.56. The molecule has 1 rings (SSSR count). The van der Waals surface area contributed by atoms with Crippen LogP contribution in [0, 0.1) is 0 Å². The van der Waals surface area contributed by atoms with Crippen molar-refractivity contribution < 1.29 is 3.07 Å². The van der Waals surface area contributed by atoms with Crippen LogP contribution >= 0.6 is 23.0 Å². The van der Waals surface area contributed by atoms with Gasteiger partial charge in [0.1, 0.15) is 5.76 Å². The maximum atomic E-state index is 5.00. The van der Waals surface area contributed by atoms with E-state index in [1.807, 2.05) is 29.9 Å². The van der Waals surface area contributed by atoms with Crippen LogP contribution in [-0.4, -0.2) is 0 Å². The van der Waals surface area contributed by atoms with E-state index >= 15 is 0 Å². The Morgan fingerprint density at radius 2 is 2.10 bits per heavy atom. The van der Waals surface area contributed by atoms with Crippen molar-refractivity contribution in [3.05, 3.63) is 23.0 Å². The molecule has 10 heavy (non-hydrogen) atoms. The Labute approximate surface area is 75.8 Å². The maximum absolute atomic E-state index is 5.00. The van der Waals surface area contributed by atoms with Crippen molar-refractivity contribution >= 4 is 23.0 Å². The molecule has 0 aromatic rings. The molecule has 0 spiro atoms. The first-order valence-electron chi connectivity index (χ1n) is 3.39. The number of allylic oxidation sites excluding steroid dienone is 4. The molecule has 1 nitrogen and oxygen atoms in total. The van der Waals surface area contributed by atoms with Gasteiger partial charge in [0, 0.05) is 0 Å². The standard InChI is InChI=1S/C8H11IO/c1-6(8-3-4-8)5-7(2)10-9/h5H,3-4H2,1-2H3/b7-5-. The number of halogens is 1. The third-order valence-electron chi connectivity index (χ3n) is 1.60. The van der Waals surface area contributed by atoms with Crippen molar-refractivity contribution in [3.63, 3.8) is 0 Å². The molecule has 2 heteroatoms. The van der Waals surface area contributed by atoms with E-state index in [0.717, 1.165) is 5.76 Å². The molecule has 56 valence electrons. The molecule has 0 N–H and O–H groups in total. The van der Waals surface area contributed by atoms with Crippen LogP contribution in [0.5, 0.6) is 0 Å². The quantitative estimate of drug-likeness (QED) is 0.539. The second-order valence-corrected chi connectivity index (χ2v) is 3.06. The van der Waals surface area contributed by atoms with Gasteiger partial charge in [0.25, 0.3) is 0 Å². The minimum absolute atomic E-state index is 0.984.